The second-order valence-electron chi connectivity index (χ2n) is 3.47. The van der Waals surface area contributed by atoms with Gasteiger partial charge in [-0.2, -0.15) is 0 Å². The van der Waals surface area contributed by atoms with Crippen molar-refractivity contribution in [1.29, 1.82) is 0 Å². The van der Waals surface area contributed by atoms with Crippen LogP contribution in [-0.4, -0.2) is 42.2 Å². The van der Waals surface area contributed by atoms with Gasteiger partial charge in [0.05, 0.1) is 19.1 Å². The molecule has 82 valence electrons. The number of aromatic nitrogens is 2. The van der Waals surface area contributed by atoms with Crippen LogP contribution in [0.1, 0.15) is 0 Å². The molecule has 1 amide bonds. The Bertz CT molecular complexity index is 325. The summed E-state index contributed by atoms with van der Waals surface area (Å²) in [5, 5.41) is 5.76. The number of hydrogen-bond donors (Lipinski definition) is 3. The molecule has 1 aliphatic rings. The zero-order valence-corrected chi connectivity index (χ0v) is 8.49. The Morgan fingerprint density at radius 1 is 1.67 bits per heavy atom. The van der Waals surface area contributed by atoms with Crippen molar-refractivity contribution in [2.24, 2.45) is 5.92 Å². The second kappa shape index (κ2) is 4.41. The SMILES string of the molecule is CNC1COCC1C(=O)Nc1ncc[nH]1. The first-order chi connectivity index (χ1) is 7.31. The molecule has 6 nitrogen and oxygen atoms in total. The van der Waals surface area contributed by atoms with E-state index in [9.17, 15) is 4.79 Å². The largest absolute Gasteiger partial charge is 0.379 e. The maximum atomic E-state index is 11.8. The van der Waals surface area contributed by atoms with Crippen LogP contribution in [-0.2, 0) is 9.53 Å². The summed E-state index contributed by atoms with van der Waals surface area (Å²) < 4.78 is 5.25. The fourth-order valence-electron chi connectivity index (χ4n) is 1.64. The summed E-state index contributed by atoms with van der Waals surface area (Å²) in [5.41, 5.74) is 0. The molecule has 0 aliphatic carbocycles. The molecule has 1 fully saturated rings. The van der Waals surface area contributed by atoms with Crippen molar-refractivity contribution in [3.63, 3.8) is 0 Å². The van der Waals surface area contributed by atoms with Crippen molar-refractivity contribution in [2.75, 3.05) is 25.6 Å². The van der Waals surface area contributed by atoms with E-state index in [4.69, 9.17) is 4.74 Å². The van der Waals surface area contributed by atoms with Crippen molar-refractivity contribution in [2.45, 2.75) is 6.04 Å². The third kappa shape index (κ3) is 2.16. The Balaban J connectivity index is 1.96. The molecular weight excluding hydrogens is 196 g/mol. The first-order valence-electron chi connectivity index (χ1n) is 4.86. The van der Waals surface area contributed by atoms with Gasteiger partial charge in [-0.05, 0) is 7.05 Å². The van der Waals surface area contributed by atoms with Gasteiger partial charge in [0.15, 0.2) is 0 Å². The lowest BCUT2D eigenvalue weighted by atomic mass is 10.0. The fourth-order valence-corrected chi connectivity index (χ4v) is 1.64. The number of H-pyrrole nitrogens is 1. The molecule has 1 aliphatic heterocycles. The van der Waals surface area contributed by atoms with Gasteiger partial charge in [-0.25, -0.2) is 4.98 Å². The Morgan fingerprint density at radius 3 is 3.20 bits per heavy atom. The summed E-state index contributed by atoms with van der Waals surface area (Å²) in [6, 6.07) is 0.0833. The minimum Gasteiger partial charge on any atom is -0.379 e. The van der Waals surface area contributed by atoms with E-state index < -0.39 is 0 Å². The normalized spacial score (nSPS) is 25.4. The predicted octanol–water partition coefficient (Wildman–Crippen LogP) is -0.417. The number of carbonyl (C=O) groups is 1. The summed E-state index contributed by atoms with van der Waals surface area (Å²) >= 11 is 0. The minimum atomic E-state index is -0.153. The molecular formula is C9H14N4O2. The Kier molecular flexibility index (Phi) is 2.98. The highest BCUT2D eigenvalue weighted by Crippen LogP contribution is 2.14. The average Bonchev–Trinajstić information content (AvgIpc) is 2.86. The minimum absolute atomic E-state index is 0.0678. The van der Waals surface area contributed by atoms with Crippen molar-refractivity contribution >= 4 is 11.9 Å². The van der Waals surface area contributed by atoms with Crippen LogP contribution in [0.4, 0.5) is 5.95 Å². The molecule has 2 unspecified atom stereocenters. The third-order valence-electron chi connectivity index (χ3n) is 2.53. The number of nitrogens with zero attached hydrogens (tertiary/aromatic N) is 1. The average molecular weight is 210 g/mol. The van der Waals surface area contributed by atoms with Crippen LogP contribution >= 0.6 is 0 Å². The topological polar surface area (TPSA) is 79.0 Å². The van der Waals surface area contributed by atoms with E-state index >= 15 is 0 Å². The number of nitrogens with one attached hydrogen (secondary N) is 3. The smallest absolute Gasteiger partial charge is 0.233 e. The lowest BCUT2D eigenvalue weighted by molar-refractivity contribution is -0.120. The molecule has 6 heteroatoms. The molecule has 1 aromatic heterocycles. The van der Waals surface area contributed by atoms with Gasteiger partial charge in [-0.3, -0.25) is 10.1 Å². The van der Waals surface area contributed by atoms with Crippen LogP contribution in [0.5, 0.6) is 0 Å². The maximum absolute atomic E-state index is 11.8. The zero-order chi connectivity index (χ0) is 10.7. The van der Waals surface area contributed by atoms with E-state index in [1.807, 2.05) is 7.05 Å². The van der Waals surface area contributed by atoms with Gasteiger partial charge in [0.2, 0.25) is 11.9 Å². The molecule has 15 heavy (non-hydrogen) atoms. The molecule has 0 spiro atoms. The van der Waals surface area contributed by atoms with Crippen LogP contribution < -0.4 is 10.6 Å². The number of rotatable bonds is 3. The Hall–Kier alpha value is -1.40. The van der Waals surface area contributed by atoms with Crippen molar-refractivity contribution in [3.05, 3.63) is 12.4 Å². The van der Waals surface area contributed by atoms with Gasteiger partial charge in [0.1, 0.15) is 0 Å². The van der Waals surface area contributed by atoms with E-state index in [2.05, 4.69) is 20.6 Å². The molecule has 1 aromatic rings. The molecule has 1 saturated heterocycles. The molecule has 0 bridgehead atoms. The van der Waals surface area contributed by atoms with Gasteiger partial charge in [-0.1, -0.05) is 0 Å². The lowest BCUT2D eigenvalue weighted by Gasteiger charge is -2.15. The quantitative estimate of drug-likeness (QED) is 0.633. The molecule has 0 radical (unpaired) electrons. The molecule has 2 atom stereocenters. The number of anilines is 1. The third-order valence-corrected chi connectivity index (χ3v) is 2.53. The number of ether oxygens (including phenoxy) is 1. The molecule has 0 saturated carbocycles. The molecule has 3 N–H and O–H groups in total. The van der Waals surface area contributed by atoms with E-state index in [-0.39, 0.29) is 17.9 Å². The van der Waals surface area contributed by atoms with E-state index in [1.54, 1.807) is 12.4 Å². The summed E-state index contributed by atoms with van der Waals surface area (Å²) in [4.78, 5) is 18.5. The summed E-state index contributed by atoms with van der Waals surface area (Å²) in [6.45, 7) is 1.03. The Labute approximate surface area is 87.4 Å². The summed E-state index contributed by atoms with van der Waals surface area (Å²) in [7, 11) is 1.83. The van der Waals surface area contributed by atoms with E-state index in [1.165, 1.54) is 0 Å². The highest BCUT2D eigenvalue weighted by Gasteiger charge is 2.33. The highest BCUT2D eigenvalue weighted by molar-refractivity contribution is 5.91. The molecule has 0 aromatic carbocycles. The number of carbonyl (C=O) groups excluding carboxylic acids is 1. The van der Waals surface area contributed by atoms with Crippen molar-refractivity contribution in [3.8, 4) is 0 Å². The van der Waals surface area contributed by atoms with E-state index in [0.717, 1.165) is 0 Å². The number of imidazole rings is 1. The number of likely N-dealkylation sites (N-methyl/N-ethyl adjacent to an activating group) is 1. The summed E-state index contributed by atoms with van der Waals surface area (Å²) in [5.74, 6) is 0.253. The van der Waals surface area contributed by atoms with Gasteiger partial charge < -0.3 is 15.0 Å². The first-order valence-corrected chi connectivity index (χ1v) is 4.86. The van der Waals surface area contributed by atoms with Crippen molar-refractivity contribution in [1.82, 2.24) is 15.3 Å². The number of hydrogen-bond acceptors (Lipinski definition) is 4. The first kappa shape index (κ1) is 10.1. The zero-order valence-electron chi connectivity index (χ0n) is 8.49. The fraction of sp³-hybridized carbons (Fsp3) is 0.556. The summed E-state index contributed by atoms with van der Waals surface area (Å²) in [6.07, 6.45) is 3.26. The van der Waals surface area contributed by atoms with Crippen molar-refractivity contribution < 1.29 is 9.53 Å². The van der Waals surface area contributed by atoms with Gasteiger partial charge >= 0.3 is 0 Å². The number of amides is 1. The van der Waals surface area contributed by atoms with Gasteiger partial charge in [0.25, 0.3) is 0 Å². The molecule has 2 heterocycles. The van der Waals surface area contributed by atoms with Crippen LogP contribution in [0.2, 0.25) is 0 Å². The Morgan fingerprint density at radius 2 is 2.53 bits per heavy atom. The lowest BCUT2D eigenvalue weighted by Crippen LogP contribution is -2.39. The second-order valence-corrected chi connectivity index (χ2v) is 3.47. The van der Waals surface area contributed by atoms with Crippen LogP contribution in [0.15, 0.2) is 12.4 Å². The standard InChI is InChI=1S/C9H14N4O2/c1-10-7-5-15-4-6(7)8(14)13-9-11-2-3-12-9/h2-3,6-7,10H,4-5H2,1H3,(H2,11,12,13,14). The molecule has 2 rings (SSSR count). The van der Waals surface area contributed by atoms with Crippen LogP contribution in [0, 0.1) is 5.92 Å². The van der Waals surface area contributed by atoms with Gasteiger partial charge in [-0.15, -0.1) is 0 Å². The number of aromatic amines is 1. The maximum Gasteiger partial charge on any atom is 0.233 e. The van der Waals surface area contributed by atoms with Gasteiger partial charge in [0, 0.05) is 18.4 Å². The predicted molar refractivity (Wildman–Crippen MR) is 54.4 cm³/mol. The highest BCUT2D eigenvalue weighted by atomic mass is 16.5. The van der Waals surface area contributed by atoms with E-state index in [0.29, 0.717) is 19.2 Å². The monoisotopic (exact) mass is 210 g/mol. The van der Waals surface area contributed by atoms with Crippen LogP contribution in [0.3, 0.4) is 0 Å². The van der Waals surface area contributed by atoms with Crippen LogP contribution in [0.25, 0.3) is 0 Å².